The molecule has 132 valence electrons. The van der Waals surface area contributed by atoms with Crippen molar-refractivity contribution in [3.05, 3.63) is 35.6 Å². The highest BCUT2D eigenvalue weighted by molar-refractivity contribution is 5.76. The van der Waals surface area contributed by atoms with E-state index in [0.717, 1.165) is 19.6 Å². The summed E-state index contributed by atoms with van der Waals surface area (Å²) in [6.45, 7) is 6.76. The van der Waals surface area contributed by atoms with Crippen molar-refractivity contribution >= 4 is 5.91 Å². The predicted molar refractivity (Wildman–Crippen MR) is 93.1 cm³/mol. The molecule has 5 heteroatoms. The van der Waals surface area contributed by atoms with E-state index in [2.05, 4.69) is 22.0 Å². The van der Waals surface area contributed by atoms with Gasteiger partial charge in [-0.1, -0.05) is 24.6 Å². The van der Waals surface area contributed by atoms with Crippen molar-refractivity contribution in [2.45, 2.75) is 51.2 Å². The molecule has 2 fully saturated rings. The quantitative estimate of drug-likeness (QED) is 0.868. The summed E-state index contributed by atoms with van der Waals surface area (Å²) in [5.74, 6) is -0.271. The van der Waals surface area contributed by atoms with Gasteiger partial charge in [0.15, 0.2) is 0 Å². The van der Waals surface area contributed by atoms with Gasteiger partial charge in [-0.3, -0.25) is 14.6 Å². The lowest BCUT2D eigenvalue weighted by molar-refractivity contribution is -0.122. The second-order valence-corrected chi connectivity index (χ2v) is 7.11. The summed E-state index contributed by atoms with van der Waals surface area (Å²) in [4.78, 5) is 16.9. The Morgan fingerprint density at radius 3 is 2.83 bits per heavy atom. The van der Waals surface area contributed by atoms with Gasteiger partial charge < -0.3 is 5.32 Å². The number of likely N-dealkylation sites (tertiary alicyclic amines) is 2. The Bertz CT molecular complexity index is 559. The van der Waals surface area contributed by atoms with Crippen LogP contribution in [-0.4, -0.2) is 54.0 Å². The number of carbonyl (C=O) groups is 1. The lowest BCUT2D eigenvalue weighted by atomic mass is 9.97. The molecule has 2 aliphatic heterocycles. The van der Waals surface area contributed by atoms with Crippen LogP contribution < -0.4 is 5.32 Å². The molecule has 1 N–H and O–H groups in total. The maximum atomic E-state index is 13.5. The van der Waals surface area contributed by atoms with E-state index in [0.29, 0.717) is 24.1 Å². The van der Waals surface area contributed by atoms with Crippen LogP contribution >= 0.6 is 0 Å². The third-order valence-electron chi connectivity index (χ3n) is 5.35. The minimum atomic E-state index is -0.265. The molecule has 1 atom stereocenters. The highest BCUT2D eigenvalue weighted by Gasteiger charge is 2.34. The number of carbonyl (C=O) groups excluding carboxylic acids is 1. The van der Waals surface area contributed by atoms with Crippen molar-refractivity contribution in [2.24, 2.45) is 0 Å². The fourth-order valence-corrected chi connectivity index (χ4v) is 3.78. The van der Waals surface area contributed by atoms with Gasteiger partial charge in [0, 0.05) is 50.2 Å². The standard InChI is InChI=1S/C19H28FN3O/c1-15-6-4-5-10-23(15)17-13-22(14-17)11-9-19(24)21-12-16-7-2-3-8-18(16)20/h2-3,7-8,15,17H,4-6,9-14H2,1H3,(H,21,24)/t15-/m1/s1. The molecule has 1 amide bonds. The van der Waals surface area contributed by atoms with Gasteiger partial charge in [0.05, 0.1) is 0 Å². The molecular formula is C19H28FN3O. The Labute approximate surface area is 144 Å². The molecule has 2 heterocycles. The van der Waals surface area contributed by atoms with Crippen LogP contribution in [0, 0.1) is 5.82 Å². The van der Waals surface area contributed by atoms with Crippen molar-refractivity contribution in [3.8, 4) is 0 Å². The molecule has 0 aliphatic carbocycles. The van der Waals surface area contributed by atoms with E-state index in [9.17, 15) is 9.18 Å². The van der Waals surface area contributed by atoms with Crippen molar-refractivity contribution in [1.29, 1.82) is 0 Å². The van der Waals surface area contributed by atoms with E-state index in [1.165, 1.54) is 31.9 Å². The van der Waals surface area contributed by atoms with Crippen LogP contribution in [-0.2, 0) is 11.3 Å². The molecule has 0 spiro atoms. The van der Waals surface area contributed by atoms with E-state index < -0.39 is 0 Å². The number of nitrogens with one attached hydrogen (secondary N) is 1. The number of amides is 1. The molecule has 1 aromatic carbocycles. The first kappa shape index (κ1) is 17.4. The fraction of sp³-hybridized carbons (Fsp3) is 0.632. The largest absolute Gasteiger partial charge is 0.352 e. The molecule has 3 rings (SSSR count). The molecular weight excluding hydrogens is 305 g/mol. The van der Waals surface area contributed by atoms with Crippen LogP contribution in [0.5, 0.6) is 0 Å². The van der Waals surface area contributed by atoms with Crippen LogP contribution in [0.3, 0.4) is 0 Å². The molecule has 4 nitrogen and oxygen atoms in total. The monoisotopic (exact) mass is 333 g/mol. The lowest BCUT2D eigenvalue weighted by Crippen LogP contribution is -2.62. The van der Waals surface area contributed by atoms with E-state index in [4.69, 9.17) is 0 Å². The van der Waals surface area contributed by atoms with Gasteiger partial charge in [-0.2, -0.15) is 0 Å². The number of nitrogens with zero attached hydrogens (tertiary/aromatic N) is 2. The summed E-state index contributed by atoms with van der Waals surface area (Å²) >= 11 is 0. The zero-order valence-electron chi connectivity index (χ0n) is 14.5. The Balaban J connectivity index is 1.32. The van der Waals surface area contributed by atoms with Gasteiger partial charge in [0.25, 0.3) is 0 Å². The van der Waals surface area contributed by atoms with Gasteiger partial charge in [0.1, 0.15) is 5.82 Å². The second-order valence-electron chi connectivity index (χ2n) is 7.11. The molecule has 0 bridgehead atoms. The average Bonchev–Trinajstić information content (AvgIpc) is 2.54. The summed E-state index contributed by atoms with van der Waals surface area (Å²) in [6.07, 6.45) is 4.47. The highest BCUT2D eigenvalue weighted by Crippen LogP contribution is 2.24. The van der Waals surface area contributed by atoms with E-state index in [1.54, 1.807) is 18.2 Å². The maximum absolute atomic E-state index is 13.5. The highest BCUT2D eigenvalue weighted by atomic mass is 19.1. The zero-order valence-corrected chi connectivity index (χ0v) is 14.5. The Kier molecular flexibility index (Phi) is 5.85. The summed E-state index contributed by atoms with van der Waals surface area (Å²) in [6, 6.07) is 7.94. The maximum Gasteiger partial charge on any atom is 0.221 e. The van der Waals surface area contributed by atoms with Crippen LogP contribution in [0.15, 0.2) is 24.3 Å². The Hall–Kier alpha value is -1.46. The fourth-order valence-electron chi connectivity index (χ4n) is 3.78. The van der Waals surface area contributed by atoms with Crippen LogP contribution in [0.2, 0.25) is 0 Å². The average molecular weight is 333 g/mol. The summed E-state index contributed by atoms with van der Waals surface area (Å²) in [7, 11) is 0. The summed E-state index contributed by atoms with van der Waals surface area (Å²) in [5, 5.41) is 2.81. The lowest BCUT2D eigenvalue weighted by Gasteiger charge is -2.49. The molecule has 0 unspecified atom stereocenters. The van der Waals surface area contributed by atoms with Gasteiger partial charge in [0.2, 0.25) is 5.91 Å². The number of rotatable bonds is 6. The zero-order chi connectivity index (χ0) is 16.9. The number of piperidine rings is 1. The Morgan fingerprint density at radius 1 is 1.29 bits per heavy atom. The third kappa shape index (κ3) is 4.33. The molecule has 0 aromatic heterocycles. The normalized spacial score (nSPS) is 23.0. The second kappa shape index (κ2) is 8.08. The van der Waals surface area contributed by atoms with Crippen LogP contribution in [0.1, 0.15) is 38.2 Å². The number of hydrogen-bond acceptors (Lipinski definition) is 3. The molecule has 2 saturated heterocycles. The van der Waals surface area contributed by atoms with E-state index in [1.807, 2.05) is 0 Å². The predicted octanol–water partition coefficient (Wildman–Crippen LogP) is 2.39. The first-order valence-corrected chi connectivity index (χ1v) is 9.11. The van der Waals surface area contributed by atoms with Crippen LogP contribution in [0.4, 0.5) is 4.39 Å². The molecule has 0 saturated carbocycles. The Morgan fingerprint density at radius 2 is 2.08 bits per heavy atom. The van der Waals surface area contributed by atoms with Crippen molar-refractivity contribution in [2.75, 3.05) is 26.2 Å². The van der Waals surface area contributed by atoms with Gasteiger partial charge in [-0.25, -0.2) is 4.39 Å². The SMILES string of the molecule is C[C@@H]1CCCCN1C1CN(CCC(=O)NCc2ccccc2F)C1. The summed E-state index contributed by atoms with van der Waals surface area (Å²) < 4.78 is 13.5. The van der Waals surface area contributed by atoms with Crippen LogP contribution in [0.25, 0.3) is 0 Å². The van der Waals surface area contributed by atoms with Crippen molar-refractivity contribution < 1.29 is 9.18 Å². The molecule has 24 heavy (non-hydrogen) atoms. The number of benzene rings is 1. The minimum Gasteiger partial charge on any atom is -0.352 e. The molecule has 0 radical (unpaired) electrons. The first-order chi connectivity index (χ1) is 11.6. The molecule has 2 aliphatic rings. The first-order valence-electron chi connectivity index (χ1n) is 9.11. The van der Waals surface area contributed by atoms with Gasteiger partial charge in [-0.05, 0) is 32.4 Å². The number of hydrogen-bond donors (Lipinski definition) is 1. The smallest absolute Gasteiger partial charge is 0.221 e. The summed E-state index contributed by atoms with van der Waals surface area (Å²) in [5.41, 5.74) is 0.536. The topological polar surface area (TPSA) is 35.6 Å². The van der Waals surface area contributed by atoms with Gasteiger partial charge >= 0.3 is 0 Å². The van der Waals surface area contributed by atoms with E-state index >= 15 is 0 Å². The minimum absolute atomic E-state index is 0.00644. The number of halogens is 1. The van der Waals surface area contributed by atoms with Crippen molar-refractivity contribution in [1.82, 2.24) is 15.1 Å². The van der Waals surface area contributed by atoms with E-state index in [-0.39, 0.29) is 18.3 Å². The third-order valence-corrected chi connectivity index (χ3v) is 5.35. The molecule has 1 aromatic rings. The van der Waals surface area contributed by atoms with Gasteiger partial charge in [-0.15, -0.1) is 0 Å². The van der Waals surface area contributed by atoms with Crippen molar-refractivity contribution in [3.63, 3.8) is 0 Å².